The topological polar surface area (TPSA) is 41.9 Å². The van der Waals surface area contributed by atoms with Crippen molar-refractivity contribution in [3.63, 3.8) is 0 Å². The van der Waals surface area contributed by atoms with Gasteiger partial charge >= 0.3 is 0 Å². The molecule has 0 fully saturated rings. The third-order valence-electron chi connectivity index (χ3n) is 3.86. The number of hydrogen-bond donors (Lipinski definition) is 1. The van der Waals surface area contributed by atoms with Crippen LogP contribution in [0.4, 0.5) is 0 Å². The molecule has 24 heavy (non-hydrogen) atoms. The number of hydrogen-bond acceptors (Lipinski definition) is 3. The minimum absolute atomic E-state index is 0.392. The van der Waals surface area contributed by atoms with E-state index in [9.17, 15) is 5.11 Å². The van der Waals surface area contributed by atoms with Crippen LogP contribution in [0.5, 0.6) is 0 Å². The molecule has 0 radical (unpaired) electrons. The van der Waals surface area contributed by atoms with Gasteiger partial charge in [0, 0.05) is 28.1 Å². The Morgan fingerprint density at radius 2 is 2.04 bits per heavy atom. The van der Waals surface area contributed by atoms with Crippen LogP contribution in [0.1, 0.15) is 44.5 Å². The second-order valence-electron chi connectivity index (χ2n) is 6.10. The van der Waals surface area contributed by atoms with Gasteiger partial charge in [-0.3, -0.25) is 0 Å². The molecule has 1 aromatic carbocycles. The van der Waals surface area contributed by atoms with Crippen molar-refractivity contribution in [3.8, 4) is 0 Å². The highest BCUT2D eigenvalue weighted by Crippen LogP contribution is 2.31. The smallest absolute Gasteiger partial charge is 0.154 e. The van der Waals surface area contributed by atoms with E-state index in [1.807, 2.05) is 42.0 Å². The van der Waals surface area contributed by atoms with Crippen LogP contribution in [0.3, 0.4) is 0 Å². The van der Waals surface area contributed by atoms with Gasteiger partial charge in [-0.2, -0.15) is 4.63 Å². The van der Waals surface area contributed by atoms with Crippen molar-refractivity contribution >= 4 is 17.8 Å². The van der Waals surface area contributed by atoms with Gasteiger partial charge in [-0.25, -0.2) is 4.52 Å². The van der Waals surface area contributed by atoms with Crippen LogP contribution in [0.2, 0.25) is 0 Å². The molecule has 2 heterocycles. The summed E-state index contributed by atoms with van der Waals surface area (Å²) in [7, 11) is 0. The molecule has 126 valence electrons. The van der Waals surface area contributed by atoms with Crippen molar-refractivity contribution in [1.82, 2.24) is 14.2 Å². The minimum Gasteiger partial charge on any atom is -0.389 e. The molecule has 3 aromatic rings. The molecule has 0 saturated heterocycles. The molecular weight excluding hydrogens is 318 g/mol. The highest BCUT2D eigenvalue weighted by atomic mass is 32.2. The third kappa shape index (κ3) is 3.57. The van der Waals surface area contributed by atoms with Crippen molar-refractivity contribution in [2.45, 2.75) is 49.0 Å². The molecule has 0 saturated carbocycles. The largest absolute Gasteiger partial charge is 0.389 e. The van der Waals surface area contributed by atoms with Gasteiger partial charge < -0.3 is 5.11 Å². The van der Waals surface area contributed by atoms with Gasteiger partial charge in [0.2, 0.25) is 0 Å². The second-order valence-corrected chi connectivity index (χ2v) is 7.22. The van der Waals surface area contributed by atoms with Crippen LogP contribution in [0, 0.1) is 0 Å². The molecule has 0 aliphatic carbocycles. The van der Waals surface area contributed by atoms with Crippen LogP contribution < -0.4 is 0 Å². The first-order chi connectivity index (χ1) is 11.6. The van der Waals surface area contributed by atoms with Gasteiger partial charge in [-0.05, 0) is 24.1 Å². The molecule has 5 heteroatoms. The molecule has 2 aromatic heterocycles. The first kappa shape index (κ1) is 16.9. The Hall–Kier alpha value is -1.98. The minimum atomic E-state index is -0.392. The molecule has 0 aliphatic heterocycles. The SMILES string of the molecule is CCC(O)/C=C/c1ccccc1Sc1ccn2nc(C(C)C)n2c1. The Bertz CT molecular complexity index is 847. The van der Waals surface area contributed by atoms with Gasteiger partial charge in [-0.1, -0.05) is 62.9 Å². The molecular formula is C19H23N3OS. The van der Waals surface area contributed by atoms with Crippen LogP contribution in [-0.2, 0) is 0 Å². The maximum atomic E-state index is 9.74. The van der Waals surface area contributed by atoms with Crippen molar-refractivity contribution in [1.29, 1.82) is 0 Å². The summed E-state index contributed by atoms with van der Waals surface area (Å²) in [5, 5.41) is 14.2. The predicted molar refractivity (Wildman–Crippen MR) is 98.6 cm³/mol. The van der Waals surface area contributed by atoms with Gasteiger partial charge in [0.1, 0.15) is 0 Å². The summed E-state index contributed by atoms with van der Waals surface area (Å²) in [6.45, 7) is 6.27. The van der Waals surface area contributed by atoms with E-state index in [0.717, 1.165) is 22.7 Å². The molecule has 0 spiro atoms. The first-order valence-electron chi connectivity index (χ1n) is 8.28. The fourth-order valence-corrected chi connectivity index (χ4v) is 3.37. The highest BCUT2D eigenvalue weighted by Gasteiger charge is 2.12. The monoisotopic (exact) mass is 341 g/mol. The lowest BCUT2D eigenvalue weighted by Crippen LogP contribution is -2.20. The molecule has 1 unspecified atom stereocenters. The highest BCUT2D eigenvalue weighted by molar-refractivity contribution is 7.99. The van der Waals surface area contributed by atoms with Gasteiger partial charge in [-0.15, -0.1) is 5.10 Å². The van der Waals surface area contributed by atoms with Crippen molar-refractivity contribution in [2.75, 3.05) is 0 Å². The number of rotatable bonds is 6. The maximum Gasteiger partial charge on any atom is 0.154 e. The zero-order valence-corrected chi connectivity index (χ0v) is 15.1. The quantitative estimate of drug-likeness (QED) is 0.718. The lowest BCUT2D eigenvalue weighted by molar-refractivity contribution is 0.220. The second kappa shape index (κ2) is 7.28. The van der Waals surface area contributed by atoms with Crippen LogP contribution in [0.15, 0.2) is 58.6 Å². The Kier molecular flexibility index (Phi) is 5.11. The lowest BCUT2D eigenvalue weighted by Gasteiger charge is -2.17. The van der Waals surface area contributed by atoms with Crippen LogP contribution in [-0.4, -0.2) is 25.5 Å². The van der Waals surface area contributed by atoms with Crippen molar-refractivity contribution < 1.29 is 5.11 Å². The van der Waals surface area contributed by atoms with Gasteiger partial charge in [0.05, 0.1) is 6.10 Å². The van der Waals surface area contributed by atoms with Crippen molar-refractivity contribution in [3.05, 3.63) is 60.2 Å². The summed E-state index contributed by atoms with van der Waals surface area (Å²) in [4.78, 5) is 2.33. The van der Waals surface area contributed by atoms with Crippen LogP contribution in [0.25, 0.3) is 6.08 Å². The molecule has 0 aliphatic rings. The number of benzene rings is 1. The fourth-order valence-electron chi connectivity index (χ4n) is 2.43. The summed E-state index contributed by atoms with van der Waals surface area (Å²) in [6.07, 6.45) is 8.28. The maximum absolute atomic E-state index is 9.74. The van der Waals surface area contributed by atoms with Crippen LogP contribution >= 0.6 is 11.8 Å². The summed E-state index contributed by atoms with van der Waals surface area (Å²) < 4.78 is 3.94. The summed E-state index contributed by atoms with van der Waals surface area (Å²) in [5.41, 5.74) is 1.12. The van der Waals surface area contributed by atoms with E-state index >= 15 is 0 Å². The van der Waals surface area contributed by atoms with E-state index in [2.05, 4.69) is 47.9 Å². The van der Waals surface area contributed by atoms with E-state index < -0.39 is 6.10 Å². The summed E-state index contributed by atoms with van der Waals surface area (Å²) in [6, 6.07) is 10.3. The Morgan fingerprint density at radius 3 is 2.79 bits per heavy atom. The summed E-state index contributed by atoms with van der Waals surface area (Å²) in [5.74, 6) is 1.48. The number of aliphatic hydroxyl groups is 1. The molecule has 1 N–H and O–H groups in total. The molecule has 1 atom stereocenters. The average molecular weight is 341 g/mol. The van der Waals surface area contributed by atoms with Crippen molar-refractivity contribution in [2.24, 2.45) is 0 Å². The van der Waals surface area contributed by atoms with E-state index in [4.69, 9.17) is 0 Å². The lowest BCUT2D eigenvalue weighted by atomic mass is 10.1. The standard InChI is InChI=1S/C19H23N3OS/c1-4-16(23)10-9-15-7-5-6-8-18(15)24-17-11-12-22-20-19(14(2)3)21(22)13-17/h5-14,16,23H,4H2,1-3H3/b10-9+. The number of nitrogens with zero attached hydrogens (tertiary/aromatic N) is 3. The number of fused-ring (bicyclic) bond motifs is 1. The predicted octanol–water partition coefficient (Wildman–Crippen LogP) is 4.49. The number of aliphatic hydroxyl groups excluding tert-OH is 1. The van der Waals surface area contributed by atoms with Gasteiger partial charge in [0.25, 0.3) is 0 Å². The van der Waals surface area contributed by atoms with Gasteiger partial charge in [0.15, 0.2) is 5.82 Å². The van der Waals surface area contributed by atoms with E-state index in [1.165, 1.54) is 4.90 Å². The first-order valence-corrected chi connectivity index (χ1v) is 9.10. The Labute approximate surface area is 146 Å². The Balaban J connectivity index is 1.86. The number of aromatic nitrogens is 3. The molecule has 3 rings (SSSR count). The fraction of sp³-hybridized carbons (Fsp3) is 0.316. The van der Waals surface area contributed by atoms with E-state index in [1.54, 1.807) is 11.8 Å². The Morgan fingerprint density at radius 1 is 1.25 bits per heavy atom. The summed E-state index contributed by atoms with van der Waals surface area (Å²) >= 11 is 1.72. The third-order valence-corrected chi connectivity index (χ3v) is 4.93. The van der Waals surface area contributed by atoms with E-state index in [-0.39, 0.29) is 0 Å². The molecule has 4 nitrogen and oxygen atoms in total. The zero-order valence-electron chi connectivity index (χ0n) is 14.3. The normalized spacial score (nSPS) is 13.4. The zero-order chi connectivity index (χ0) is 17.1. The van der Waals surface area contributed by atoms with E-state index in [0.29, 0.717) is 5.92 Å². The molecule has 0 amide bonds. The molecule has 0 bridgehead atoms. The average Bonchev–Trinajstić information content (AvgIpc) is 2.55.